The molecule has 0 aromatic heterocycles. The van der Waals surface area contributed by atoms with Crippen molar-refractivity contribution >= 4 is 50.7 Å². The molecule has 0 bridgehead atoms. The maximum atomic E-state index is 13.5. The Bertz CT molecular complexity index is 1640. The Labute approximate surface area is 256 Å². The molecule has 0 fully saturated rings. The molecule has 0 saturated carbocycles. The molecule has 230 valence electrons. The lowest BCUT2D eigenvalue weighted by atomic mass is 9.99. The number of benzene rings is 3. The first-order valence-corrected chi connectivity index (χ1v) is 15.1. The van der Waals surface area contributed by atoms with Gasteiger partial charge >= 0.3 is 6.18 Å². The molecule has 2 amide bonds. The van der Waals surface area contributed by atoms with Crippen molar-refractivity contribution in [2.45, 2.75) is 36.5 Å². The fraction of sp³-hybridized carbons (Fsp3) is 0.286. The van der Waals surface area contributed by atoms with Crippen LogP contribution in [0.15, 0.2) is 65.6 Å². The maximum Gasteiger partial charge on any atom is 0.416 e. The highest BCUT2D eigenvalue weighted by Crippen LogP contribution is 2.38. The first-order chi connectivity index (χ1) is 20.2. The molecule has 1 aliphatic heterocycles. The van der Waals surface area contributed by atoms with Crippen molar-refractivity contribution in [2.75, 3.05) is 24.0 Å². The van der Waals surface area contributed by atoms with Crippen molar-refractivity contribution in [3.63, 3.8) is 0 Å². The summed E-state index contributed by atoms with van der Waals surface area (Å²) in [7, 11) is -4.11. The van der Waals surface area contributed by atoms with E-state index in [0.717, 1.165) is 22.5 Å². The highest BCUT2D eigenvalue weighted by Gasteiger charge is 2.34. The summed E-state index contributed by atoms with van der Waals surface area (Å²) in [6, 6.07) is 10.7. The Morgan fingerprint density at radius 2 is 1.84 bits per heavy atom. The first kappa shape index (κ1) is 32.4. The lowest BCUT2D eigenvalue weighted by molar-refractivity contribution is -0.137. The van der Waals surface area contributed by atoms with Crippen LogP contribution in [0.1, 0.15) is 40.9 Å². The van der Waals surface area contributed by atoms with Crippen molar-refractivity contribution < 1.29 is 35.9 Å². The summed E-state index contributed by atoms with van der Waals surface area (Å²) in [6.45, 7) is 1.73. The number of sulfonamides is 1. The normalized spacial score (nSPS) is 14.7. The highest BCUT2D eigenvalue weighted by atomic mass is 35.5. The summed E-state index contributed by atoms with van der Waals surface area (Å²) in [5.74, 6) is -1.19. The molecule has 3 aromatic carbocycles. The Morgan fingerprint density at radius 1 is 1.09 bits per heavy atom. The van der Waals surface area contributed by atoms with Gasteiger partial charge in [0.2, 0.25) is 5.91 Å². The molecule has 1 heterocycles. The van der Waals surface area contributed by atoms with E-state index in [9.17, 15) is 31.2 Å². The molecule has 0 aliphatic carbocycles. The molecule has 4 N–H and O–H groups in total. The van der Waals surface area contributed by atoms with Crippen molar-refractivity contribution in [2.24, 2.45) is 5.73 Å². The van der Waals surface area contributed by atoms with Gasteiger partial charge < -0.3 is 21.1 Å². The first-order valence-electron chi connectivity index (χ1n) is 12.9. The van der Waals surface area contributed by atoms with Gasteiger partial charge in [0, 0.05) is 28.2 Å². The number of alkyl halides is 3. The number of ether oxygens (including phenoxy) is 1. The number of anilines is 1. The Hall–Kier alpha value is -3.52. The molecule has 1 unspecified atom stereocenters. The zero-order chi connectivity index (χ0) is 31.5. The molecule has 0 spiro atoms. The van der Waals surface area contributed by atoms with Gasteiger partial charge in [0.05, 0.1) is 35.2 Å². The topological polar surface area (TPSA) is 131 Å². The quantitative estimate of drug-likeness (QED) is 0.299. The lowest BCUT2D eigenvalue weighted by Gasteiger charge is -2.31. The number of fused-ring (bicyclic) bond motifs is 1. The number of amides is 2. The van der Waals surface area contributed by atoms with E-state index in [0.29, 0.717) is 0 Å². The third-order valence-electron chi connectivity index (χ3n) is 6.44. The van der Waals surface area contributed by atoms with Crippen LogP contribution < -0.4 is 25.4 Å². The molecule has 15 heteroatoms. The summed E-state index contributed by atoms with van der Waals surface area (Å²) >= 11 is 12.3. The number of nitrogens with zero attached hydrogens (tertiary/aromatic N) is 1. The lowest BCUT2D eigenvalue weighted by Crippen LogP contribution is -2.39. The largest absolute Gasteiger partial charge is 0.489 e. The molecule has 43 heavy (non-hydrogen) atoms. The van der Waals surface area contributed by atoms with E-state index in [1.807, 2.05) is 0 Å². The number of hydrogen-bond acceptors (Lipinski definition) is 6. The van der Waals surface area contributed by atoms with Crippen molar-refractivity contribution in [3.05, 3.63) is 87.4 Å². The second-order valence-electron chi connectivity index (χ2n) is 9.81. The molecule has 3 aromatic rings. The molecule has 0 saturated heterocycles. The van der Waals surface area contributed by atoms with Gasteiger partial charge in [-0.3, -0.25) is 13.9 Å². The summed E-state index contributed by atoms with van der Waals surface area (Å²) in [5, 5.41) is 5.25. The average molecular weight is 660 g/mol. The molecule has 4 rings (SSSR count). The number of halogens is 5. The Balaban J connectivity index is 1.68. The SMILES string of the molecule is CC(N)CNC(=O)C[C@H](NC(=O)c1ccc2c(c1)N(S(=O)(=O)c1cccc(Cl)c1)CCO2)c1cc(C(F)(F)F)ccc1Cl. The maximum absolute atomic E-state index is 13.5. The van der Waals surface area contributed by atoms with Gasteiger partial charge in [-0.05, 0) is 67.1 Å². The summed E-state index contributed by atoms with van der Waals surface area (Å²) in [6.07, 6.45) is -5.16. The second-order valence-corrected chi connectivity index (χ2v) is 12.5. The van der Waals surface area contributed by atoms with Crippen molar-refractivity contribution in [3.8, 4) is 5.75 Å². The molecule has 9 nitrogen and oxygen atoms in total. The minimum absolute atomic E-state index is 0.0420. The number of nitrogens with one attached hydrogen (secondary N) is 2. The van der Waals surface area contributed by atoms with Crippen LogP contribution in [0.2, 0.25) is 10.0 Å². The van der Waals surface area contributed by atoms with Gasteiger partial charge in [0.25, 0.3) is 15.9 Å². The van der Waals surface area contributed by atoms with Gasteiger partial charge in [-0.1, -0.05) is 29.3 Å². The molecular weight excluding hydrogens is 632 g/mol. The number of carbonyl (C=O) groups is 2. The number of rotatable bonds is 9. The zero-order valence-corrected chi connectivity index (χ0v) is 24.9. The monoisotopic (exact) mass is 658 g/mol. The van der Waals surface area contributed by atoms with Crippen LogP contribution in [0.3, 0.4) is 0 Å². The smallest absolute Gasteiger partial charge is 0.416 e. The van der Waals surface area contributed by atoms with Crippen LogP contribution in [0.4, 0.5) is 18.9 Å². The van der Waals surface area contributed by atoms with Crippen LogP contribution in [-0.2, 0) is 21.0 Å². The predicted molar refractivity (Wildman–Crippen MR) is 156 cm³/mol. The van der Waals surface area contributed by atoms with Crippen molar-refractivity contribution in [1.82, 2.24) is 10.6 Å². The molecule has 1 aliphatic rings. The third-order valence-corrected chi connectivity index (χ3v) is 8.83. The van der Waals surface area contributed by atoms with Gasteiger partial charge in [-0.25, -0.2) is 8.42 Å². The van der Waals surface area contributed by atoms with Gasteiger partial charge in [-0.2, -0.15) is 13.2 Å². The second kappa shape index (κ2) is 13.0. The Morgan fingerprint density at radius 3 is 2.51 bits per heavy atom. The summed E-state index contributed by atoms with van der Waals surface area (Å²) in [4.78, 5) is 26.1. The molecule has 0 radical (unpaired) electrons. The zero-order valence-electron chi connectivity index (χ0n) is 22.6. The fourth-order valence-corrected chi connectivity index (χ4v) is 6.34. The fourth-order valence-electron chi connectivity index (χ4n) is 4.34. The molecule has 2 atom stereocenters. The minimum atomic E-state index is -4.71. The van der Waals surface area contributed by atoms with Crippen LogP contribution in [0.5, 0.6) is 5.75 Å². The van der Waals surface area contributed by atoms with Crippen LogP contribution >= 0.6 is 23.2 Å². The number of carbonyl (C=O) groups excluding carboxylic acids is 2. The van der Waals surface area contributed by atoms with E-state index in [-0.39, 0.29) is 57.2 Å². The van der Waals surface area contributed by atoms with Crippen LogP contribution in [0, 0.1) is 0 Å². The van der Waals surface area contributed by atoms with E-state index in [1.165, 1.54) is 42.5 Å². The molecular formula is C28H27Cl2F3N4O5S. The number of hydrogen-bond donors (Lipinski definition) is 3. The third kappa shape index (κ3) is 7.71. The van der Waals surface area contributed by atoms with E-state index < -0.39 is 52.1 Å². The van der Waals surface area contributed by atoms with Gasteiger partial charge in [-0.15, -0.1) is 0 Å². The van der Waals surface area contributed by atoms with Crippen LogP contribution in [-0.4, -0.2) is 46.0 Å². The minimum Gasteiger partial charge on any atom is -0.489 e. The van der Waals surface area contributed by atoms with E-state index in [1.54, 1.807) is 6.92 Å². The van der Waals surface area contributed by atoms with Gasteiger partial charge in [0.1, 0.15) is 12.4 Å². The predicted octanol–water partition coefficient (Wildman–Crippen LogP) is 4.92. The van der Waals surface area contributed by atoms with E-state index >= 15 is 0 Å². The standard InChI is InChI=1S/C28H27Cl2F3N4O5S/c1-16(34)15-35-26(38)14-23(21-12-18(28(31,32)33)6-7-22(21)30)36-27(39)17-5-8-25-24(11-17)37(9-10-42-25)43(40,41)20-4-2-3-19(29)13-20/h2-8,11-13,16,23H,9-10,14-15,34H2,1H3,(H,35,38)(H,36,39)/t16?,23-/m0/s1. The van der Waals surface area contributed by atoms with E-state index in [2.05, 4.69) is 10.6 Å². The highest BCUT2D eigenvalue weighted by molar-refractivity contribution is 7.92. The van der Waals surface area contributed by atoms with E-state index in [4.69, 9.17) is 33.7 Å². The Kier molecular flexibility index (Phi) is 9.79. The van der Waals surface area contributed by atoms with Crippen LogP contribution in [0.25, 0.3) is 0 Å². The van der Waals surface area contributed by atoms with Crippen molar-refractivity contribution in [1.29, 1.82) is 0 Å². The average Bonchev–Trinajstić information content (AvgIpc) is 2.94. The summed E-state index contributed by atoms with van der Waals surface area (Å²) in [5.41, 5.74) is 4.56. The summed E-state index contributed by atoms with van der Waals surface area (Å²) < 4.78 is 74.2. The number of nitrogens with two attached hydrogens (primary N) is 1. The van der Waals surface area contributed by atoms with Gasteiger partial charge in [0.15, 0.2) is 0 Å².